The van der Waals surface area contributed by atoms with Crippen LogP contribution in [0.3, 0.4) is 0 Å². The van der Waals surface area contributed by atoms with Crippen molar-refractivity contribution in [3.8, 4) is 5.75 Å². The van der Waals surface area contributed by atoms with Gasteiger partial charge in [-0.1, -0.05) is 18.2 Å². The summed E-state index contributed by atoms with van der Waals surface area (Å²) in [7, 11) is 3.32. The van der Waals surface area contributed by atoms with Crippen LogP contribution in [0.2, 0.25) is 0 Å². The Morgan fingerprint density at radius 1 is 1.06 bits per heavy atom. The summed E-state index contributed by atoms with van der Waals surface area (Å²) in [6, 6.07) is 15.1. The van der Waals surface area contributed by atoms with E-state index in [4.69, 9.17) is 13.9 Å². The van der Waals surface area contributed by atoms with Gasteiger partial charge >= 0.3 is 5.97 Å². The lowest BCUT2D eigenvalue weighted by Crippen LogP contribution is -2.41. The van der Waals surface area contributed by atoms with Crippen molar-refractivity contribution in [3.05, 3.63) is 66.1 Å². The molecule has 8 heteroatoms. The number of furan rings is 1. The van der Waals surface area contributed by atoms with Gasteiger partial charge in [0.15, 0.2) is 12.4 Å². The van der Waals surface area contributed by atoms with Crippen LogP contribution in [0, 0.1) is 5.92 Å². The van der Waals surface area contributed by atoms with Crippen LogP contribution >= 0.6 is 0 Å². The van der Waals surface area contributed by atoms with Crippen molar-refractivity contribution in [2.75, 3.05) is 33.9 Å². The van der Waals surface area contributed by atoms with E-state index in [1.807, 2.05) is 36.4 Å². The van der Waals surface area contributed by atoms with Gasteiger partial charge in [0, 0.05) is 26.7 Å². The topological polar surface area (TPSA) is 89.3 Å². The Kier molecular flexibility index (Phi) is 7.15. The van der Waals surface area contributed by atoms with Gasteiger partial charge in [0.2, 0.25) is 0 Å². The Morgan fingerprint density at radius 3 is 2.50 bits per heavy atom. The molecular formula is C26H28N2O6. The minimum atomic E-state index is -0.397. The second-order valence-electron chi connectivity index (χ2n) is 8.45. The number of amides is 2. The Balaban J connectivity index is 1.23. The number of rotatable bonds is 7. The first-order valence-corrected chi connectivity index (χ1v) is 11.2. The third-order valence-corrected chi connectivity index (χ3v) is 6.14. The molecule has 2 amide bonds. The molecule has 2 aromatic carbocycles. The number of piperidine rings is 1. The number of carbonyl (C=O) groups is 3. The molecule has 2 heterocycles. The third-order valence-electron chi connectivity index (χ3n) is 6.14. The fourth-order valence-electron chi connectivity index (χ4n) is 4.10. The smallest absolute Gasteiger partial charge is 0.309 e. The summed E-state index contributed by atoms with van der Waals surface area (Å²) in [6.45, 7) is 0.999. The maximum absolute atomic E-state index is 12.5. The van der Waals surface area contributed by atoms with Crippen LogP contribution in [0.1, 0.15) is 29.0 Å². The van der Waals surface area contributed by atoms with Gasteiger partial charge < -0.3 is 23.7 Å². The van der Waals surface area contributed by atoms with E-state index in [1.165, 1.54) is 6.26 Å². The van der Waals surface area contributed by atoms with Crippen LogP contribution in [0.5, 0.6) is 5.75 Å². The first-order valence-electron chi connectivity index (χ1n) is 11.2. The van der Waals surface area contributed by atoms with Crippen LogP contribution in [0.4, 0.5) is 0 Å². The minimum absolute atomic E-state index is 0.179. The molecule has 1 aliphatic heterocycles. The molecule has 0 aliphatic carbocycles. The summed E-state index contributed by atoms with van der Waals surface area (Å²) in [6.07, 6.45) is 2.46. The molecule has 4 rings (SSSR count). The SMILES string of the molecule is COc1ccc2cc(CN(C)C(=O)COC(=O)C3CCN(C(=O)c4ccco4)CC3)ccc2c1. The lowest BCUT2D eigenvalue weighted by Gasteiger charge is -2.30. The van der Waals surface area contributed by atoms with E-state index in [0.29, 0.717) is 38.2 Å². The molecule has 0 radical (unpaired) electrons. The molecule has 3 aromatic rings. The number of ether oxygens (including phenoxy) is 2. The average Bonchev–Trinajstić information content (AvgIpc) is 3.41. The van der Waals surface area contributed by atoms with Gasteiger partial charge in [0.25, 0.3) is 11.8 Å². The largest absolute Gasteiger partial charge is 0.497 e. The van der Waals surface area contributed by atoms with Crippen LogP contribution in [0.15, 0.2) is 59.2 Å². The van der Waals surface area contributed by atoms with Crippen molar-refractivity contribution in [3.63, 3.8) is 0 Å². The number of likely N-dealkylation sites (N-methyl/N-ethyl adjacent to an activating group) is 1. The number of methoxy groups -OCH3 is 1. The summed E-state index contributed by atoms with van der Waals surface area (Å²) < 4.78 is 15.7. The normalized spacial score (nSPS) is 14.1. The van der Waals surface area contributed by atoms with Crippen LogP contribution in [-0.2, 0) is 20.9 Å². The van der Waals surface area contributed by atoms with E-state index in [2.05, 4.69) is 0 Å². The maximum Gasteiger partial charge on any atom is 0.309 e. The van der Waals surface area contributed by atoms with Crippen molar-refractivity contribution < 1.29 is 28.3 Å². The van der Waals surface area contributed by atoms with Gasteiger partial charge in [-0.2, -0.15) is 0 Å². The molecule has 0 saturated carbocycles. The number of benzene rings is 2. The zero-order chi connectivity index (χ0) is 24.1. The van der Waals surface area contributed by atoms with Gasteiger partial charge in [-0.15, -0.1) is 0 Å². The van der Waals surface area contributed by atoms with Gasteiger partial charge in [-0.3, -0.25) is 14.4 Å². The molecule has 0 unspecified atom stereocenters. The van der Waals surface area contributed by atoms with Gasteiger partial charge in [-0.05, 0) is 59.5 Å². The standard InChI is InChI=1S/C26H28N2O6/c1-27(16-18-5-6-21-15-22(32-2)8-7-20(21)14-18)24(29)17-34-26(31)19-9-11-28(12-10-19)25(30)23-4-3-13-33-23/h3-8,13-15,19H,9-12,16-17H2,1-2H3. The highest BCUT2D eigenvalue weighted by molar-refractivity contribution is 5.91. The summed E-state index contributed by atoms with van der Waals surface area (Å²) in [5.41, 5.74) is 0.980. The van der Waals surface area contributed by atoms with Gasteiger partial charge in [-0.25, -0.2) is 0 Å². The monoisotopic (exact) mass is 464 g/mol. The number of nitrogens with zero attached hydrogens (tertiary/aromatic N) is 2. The van der Waals surface area contributed by atoms with E-state index in [9.17, 15) is 14.4 Å². The predicted molar refractivity (Wildman–Crippen MR) is 125 cm³/mol. The molecule has 0 bridgehead atoms. The highest BCUT2D eigenvalue weighted by atomic mass is 16.5. The van der Waals surface area contributed by atoms with E-state index in [0.717, 1.165) is 22.1 Å². The summed E-state index contributed by atoms with van der Waals surface area (Å²) >= 11 is 0. The number of esters is 1. The van der Waals surface area contributed by atoms with E-state index < -0.39 is 5.97 Å². The van der Waals surface area contributed by atoms with Crippen LogP contribution in [-0.4, -0.2) is 61.4 Å². The zero-order valence-electron chi connectivity index (χ0n) is 19.4. The quantitative estimate of drug-likeness (QED) is 0.497. The van der Waals surface area contributed by atoms with E-state index >= 15 is 0 Å². The molecule has 1 aromatic heterocycles. The van der Waals surface area contributed by atoms with Crippen LogP contribution in [0.25, 0.3) is 10.8 Å². The fraction of sp³-hybridized carbons (Fsp3) is 0.346. The summed E-state index contributed by atoms with van der Waals surface area (Å²) in [4.78, 5) is 40.5. The predicted octanol–water partition coefficient (Wildman–Crippen LogP) is 3.50. The molecule has 1 aliphatic rings. The molecule has 34 heavy (non-hydrogen) atoms. The summed E-state index contributed by atoms with van der Waals surface area (Å²) in [5, 5.41) is 2.12. The lowest BCUT2D eigenvalue weighted by molar-refractivity contribution is -0.156. The number of fused-ring (bicyclic) bond motifs is 1. The Morgan fingerprint density at radius 2 is 1.79 bits per heavy atom. The second-order valence-corrected chi connectivity index (χ2v) is 8.45. The van der Waals surface area contributed by atoms with Crippen molar-refractivity contribution in [2.24, 2.45) is 5.92 Å². The highest BCUT2D eigenvalue weighted by Gasteiger charge is 2.30. The Hall–Kier alpha value is -3.81. The maximum atomic E-state index is 12.5. The van der Waals surface area contributed by atoms with E-state index in [1.54, 1.807) is 36.1 Å². The molecule has 1 fully saturated rings. The fourth-order valence-corrected chi connectivity index (χ4v) is 4.10. The van der Waals surface area contributed by atoms with Crippen molar-refractivity contribution in [1.82, 2.24) is 9.80 Å². The number of hydrogen-bond acceptors (Lipinski definition) is 6. The zero-order valence-corrected chi connectivity index (χ0v) is 19.4. The van der Waals surface area contributed by atoms with Crippen LogP contribution < -0.4 is 4.74 Å². The minimum Gasteiger partial charge on any atom is -0.497 e. The molecule has 8 nitrogen and oxygen atoms in total. The summed E-state index contributed by atoms with van der Waals surface area (Å²) in [5.74, 6) is -0.0808. The highest BCUT2D eigenvalue weighted by Crippen LogP contribution is 2.23. The second kappa shape index (κ2) is 10.4. The van der Waals surface area contributed by atoms with Crippen molar-refractivity contribution in [1.29, 1.82) is 0 Å². The van der Waals surface area contributed by atoms with Crippen molar-refractivity contribution >= 4 is 28.6 Å². The average molecular weight is 465 g/mol. The molecule has 0 spiro atoms. The Labute approximate surface area is 198 Å². The number of hydrogen-bond donors (Lipinski definition) is 0. The first-order chi connectivity index (χ1) is 16.4. The Bertz CT molecular complexity index is 1170. The van der Waals surface area contributed by atoms with Gasteiger partial charge in [0.05, 0.1) is 19.3 Å². The molecule has 0 N–H and O–H groups in total. The molecule has 1 saturated heterocycles. The molecule has 0 atom stereocenters. The van der Waals surface area contributed by atoms with Gasteiger partial charge in [0.1, 0.15) is 5.75 Å². The molecular weight excluding hydrogens is 436 g/mol. The number of carbonyl (C=O) groups excluding carboxylic acids is 3. The molecule has 178 valence electrons. The number of likely N-dealkylation sites (tertiary alicyclic amines) is 1. The third kappa shape index (κ3) is 5.39. The van der Waals surface area contributed by atoms with Crippen molar-refractivity contribution in [2.45, 2.75) is 19.4 Å². The lowest BCUT2D eigenvalue weighted by atomic mass is 9.97. The first kappa shape index (κ1) is 23.4. The van der Waals surface area contributed by atoms with E-state index in [-0.39, 0.29) is 24.3 Å².